The minimum atomic E-state index is -3.31. The van der Waals surface area contributed by atoms with Crippen LogP contribution in [0.2, 0.25) is 0 Å². The number of carbonyl (C=O) groups excluding carboxylic acids is 2. The third-order valence-electron chi connectivity index (χ3n) is 5.76. The number of ether oxygens (including phenoxy) is 1. The molecule has 0 saturated heterocycles. The van der Waals surface area contributed by atoms with Crippen molar-refractivity contribution in [2.24, 2.45) is 5.41 Å². The lowest BCUT2D eigenvalue weighted by atomic mass is 9.82. The van der Waals surface area contributed by atoms with Crippen LogP contribution in [0, 0.1) is 5.41 Å². The fourth-order valence-electron chi connectivity index (χ4n) is 3.71. The van der Waals surface area contributed by atoms with Crippen molar-refractivity contribution in [2.75, 3.05) is 25.2 Å². The Morgan fingerprint density at radius 1 is 1.11 bits per heavy atom. The first-order valence-corrected chi connectivity index (χ1v) is 13.4. The topological polar surface area (TPSA) is 151 Å². The van der Waals surface area contributed by atoms with Gasteiger partial charge in [0.05, 0.1) is 24.0 Å². The number of aliphatic hydroxyl groups excluding tert-OH is 1. The third kappa shape index (κ3) is 7.72. The van der Waals surface area contributed by atoms with Crippen LogP contribution >= 0.6 is 0 Å². The predicted octanol–water partition coefficient (Wildman–Crippen LogP) is 1.79. The number of esters is 1. The van der Waals surface area contributed by atoms with E-state index in [0.717, 1.165) is 22.9 Å². The van der Waals surface area contributed by atoms with Crippen LogP contribution in [0.4, 0.5) is 0 Å². The molecule has 0 aliphatic carbocycles. The molecular formula is C25H30N4O6S. The van der Waals surface area contributed by atoms with Gasteiger partial charge in [-0.1, -0.05) is 59.8 Å². The number of hydrogen-bond donors (Lipinski definition) is 3. The summed E-state index contributed by atoms with van der Waals surface area (Å²) in [5.41, 5.74) is 1.81. The summed E-state index contributed by atoms with van der Waals surface area (Å²) in [5.74, 6) is -1.52. The number of H-pyrrole nitrogens is 1. The number of rotatable bonds is 12. The monoisotopic (exact) mass is 514 g/mol. The van der Waals surface area contributed by atoms with Crippen molar-refractivity contribution in [3.05, 3.63) is 72.1 Å². The molecule has 3 aromatic rings. The lowest BCUT2D eigenvalue weighted by molar-refractivity contribution is -0.157. The number of aliphatic hydroxyl groups is 1. The van der Waals surface area contributed by atoms with E-state index >= 15 is 0 Å². The van der Waals surface area contributed by atoms with E-state index in [4.69, 9.17) is 4.74 Å². The van der Waals surface area contributed by atoms with Crippen LogP contribution in [-0.2, 0) is 25.8 Å². The molecule has 0 fully saturated rings. The molecule has 0 aliphatic heterocycles. The molecule has 1 unspecified atom stereocenters. The number of aromatic amines is 1. The fraction of sp³-hybridized carbons (Fsp3) is 0.360. The average Bonchev–Trinajstić information content (AvgIpc) is 3.39. The van der Waals surface area contributed by atoms with Gasteiger partial charge in [0.25, 0.3) is 5.91 Å². The van der Waals surface area contributed by atoms with Gasteiger partial charge in [-0.2, -0.15) is 0 Å². The number of aromatic nitrogens is 3. The van der Waals surface area contributed by atoms with E-state index < -0.39 is 39.8 Å². The first-order chi connectivity index (χ1) is 17.1. The van der Waals surface area contributed by atoms with Crippen molar-refractivity contribution in [1.82, 2.24) is 20.7 Å². The Kier molecular flexibility index (Phi) is 8.94. The molecule has 192 valence electrons. The van der Waals surface area contributed by atoms with Crippen LogP contribution in [0.5, 0.6) is 0 Å². The number of benzene rings is 2. The van der Waals surface area contributed by atoms with Crippen molar-refractivity contribution >= 4 is 21.7 Å². The van der Waals surface area contributed by atoms with Crippen molar-refractivity contribution in [3.8, 4) is 11.1 Å². The number of nitrogens with one attached hydrogen (secondary N) is 2. The molecule has 0 bridgehead atoms. The number of hydrogen-bond acceptors (Lipinski definition) is 8. The molecule has 36 heavy (non-hydrogen) atoms. The van der Waals surface area contributed by atoms with Crippen LogP contribution in [0.25, 0.3) is 11.1 Å². The maximum atomic E-state index is 12.8. The molecular weight excluding hydrogens is 484 g/mol. The summed E-state index contributed by atoms with van der Waals surface area (Å²) in [6, 6.07) is 17.2. The summed E-state index contributed by atoms with van der Waals surface area (Å²) in [6.45, 7) is 0.659. The second kappa shape index (κ2) is 11.9. The maximum Gasteiger partial charge on any atom is 0.314 e. The van der Waals surface area contributed by atoms with Gasteiger partial charge in [-0.15, -0.1) is 5.10 Å². The second-order valence-electron chi connectivity index (χ2n) is 9.00. The Morgan fingerprint density at radius 2 is 1.78 bits per heavy atom. The smallest absolute Gasteiger partial charge is 0.314 e. The van der Waals surface area contributed by atoms with E-state index in [9.17, 15) is 23.1 Å². The Hall–Kier alpha value is -3.57. The highest BCUT2D eigenvalue weighted by Gasteiger charge is 2.37. The molecule has 0 aliphatic rings. The summed E-state index contributed by atoms with van der Waals surface area (Å²) in [7, 11) is -3.31. The second-order valence-corrected chi connectivity index (χ2v) is 11.3. The van der Waals surface area contributed by atoms with Crippen LogP contribution < -0.4 is 5.32 Å². The Labute approximate surface area is 210 Å². The third-order valence-corrected chi connectivity index (χ3v) is 6.67. The number of carbonyl (C=O) groups is 2. The molecule has 2 aromatic carbocycles. The molecule has 0 spiro atoms. The minimum absolute atomic E-state index is 0.0505. The fourth-order valence-corrected chi connectivity index (χ4v) is 4.10. The summed E-state index contributed by atoms with van der Waals surface area (Å²) >= 11 is 0. The zero-order valence-electron chi connectivity index (χ0n) is 20.2. The SMILES string of the molecule is CC(CO)(C[C@@H](Cc1ccc(-c2ccccc2)cc1)NC(=O)c1cnn[nH]1)C(=O)OCCS(C)(=O)=O. The van der Waals surface area contributed by atoms with E-state index in [1.807, 2.05) is 54.6 Å². The molecule has 0 saturated carbocycles. The van der Waals surface area contributed by atoms with E-state index in [-0.39, 0.29) is 24.5 Å². The highest BCUT2D eigenvalue weighted by Crippen LogP contribution is 2.27. The Bertz CT molecular complexity index is 1250. The summed E-state index contributed by atoms with van der Waals surface area (Å²) in [6.07, 6.45) is 2.75. The molecule has 2 atom stereocenters. The highest BCUT2D eigenvalue weighted by molar-refractivity contribution is 7.90. The van der Waals surface area contributed by atoms with Gasteiger partial charge >= 0.3 is 5.97 Å². The first kappa shape index (κ1) is 27.0. The number of amides is 1. The van der Waals surface area contributed by atoms with E-state index in [1.165, 1.54) is 13.1 Å². The van der Waals surface area contributed by atoms with Gasteiger partial charge < -0.3 is 15.2 Å². The zero-order valence-corrected chi connectivity index (χ0v) is 21.0. The predicted molar refractivity (Wildman–Crippen MR) is 134 cm³/mol. The van der Waals surface area contributed by atoms with Gasteiger partial charge in [0.1, 0.15) is 12.3 Å². The molecule has 1 amide bonds. The molecule has 0 radical (unpaired) electrons. The van der Waals surface area contributed by atoms with E-state index in [1.54, 1.807) is 0 Å². The first-order valence-electron chi connectivity index (χ1n) is 11.4. The lowest BCUT2D eigenvalue weighted by Crippen LogP contribution is -2.45. The van der Waals surface area contributed by atoms with Crippen molar-refractivity contribution in [1.29, 1.82) is 0 Å². The minimum Gasteiger partial charge on any atom is -0.464 e. The average molecular weight is 515 g/mol. The van der Waals surface area contributed by atoms with E-state index in [0.29, 0.717) is 6.42 Å². The summed E-state index contributed by atoms with van der Waals surface area (Å²) < 4.78 is 27.9. The molecule has 10 nitrogen and oxygen atoms in total. The molecule has 1 aromatic heterocycles. The van der Waals surface area contributed by atoms with Gasteiger partial charge in [0.2, 0.25) is 0 Å². The lowest BCUT2D eigenvalue weighted by Gasteiger charge is -2.30. The molecule has 3 rings (SSSR count). The van der Waals surface area contributed by atoms with Crippen LogP contribution in [-0.4, -0.2) is 72.1 Å². The summed E-state index contributed by atoms with van der Waals surface area (Å²) in [4.78, 5) is 25.5. The molecule has 3 N–H and O–H groups in total. The van der Waals surface area contributed by atoms with Gasteiger partial charge in [0, 0.05) is 12.3 Å². The normalized spacial score (nSPS) is 14.0. The maximum absolute atomic E-state index is 12.8. The van der Waals surface area contributed by atoms with E-state index in [2.05, 4.69) is 20.7 Å². The van der Waals surface area contributed by atoms with Crippen LogP contribution in [0.1, 0.15) is 29.4 Å². The molecule has 11 heteroatoms. The largest absolute Gasteiger partial charge is 0.464 e. The quantitative estimate of drug-likeness (QED) is 0.310. The van der Waals surface area contributed by atoms with Crippen LogP contribution in [0.3, 0.4) is 0 Å². The van der Waals surface area contributed by atoms with Gasteiger partial charge in [-0.05, 0) is 36.5 Å². The van der Waals surface area contributed by atoms with Gasteiger partial charge in [0.15, 0.2) is 9.84 Å². The highest BCUT2D eigenvalue weighted by atomic mass is 32.2. The number of nitrogens with zero attached hydrogens (tertiary/aromatic N) is 2. The Balaban J connectivity index is 1.77. The van der Waals surface area contributed by atoms with Gasteiger partial charge in [-0.25, -0.2) is 8.42 Å². The summed E-state index contributed by atoms with van der Waals surface area (Å²) in [5, 5.41) is 22.6. The Morgan fingerprint density at radius 3 is 2.36 bits per heavy atom. The van der Waals surface area contributed by atoms with Crippen molar-refractivity contribution in [2.45, 2.75) is 25.8 Å². The van der Waals surface area contributed by atoms with Crippen molar-refractivity contribution in [3.63, 3.8) is 0 Å². The number of sulfone groups is 1. The molecule has 1 heterocycles. The van der Waals surface area contributed by atoms with Gasteiger partial charge in [-0.3, -0.25) is 14.7 Å². The standard InChI is InChI=1S/C25H30N4O6S/c1-25(17-30,24(32)35-12-13-36(2,33)34)15-21(27-23(31)22-16-26-29-28-22)14-18-8-10-20(11-9-18)19-6-4-3-5-7-19/h3-11,16,21,30H,12-15,17H2,1-2H3,(H,27,31)(H,26,28,29)/t21-,25?/m1/s1. The zero-order chi connectivity index (χ0) is 26.2. The van der Waals surface area contributed by atoms with Crippen molar-refractivity contribution < 1.29 is 27.9 Å². The van der Waals surface area contributed by atoms with Crippen LogP contribution in [0.15, 0.2) is 60.8 Å².